The standard InChI is InChI=1S/C18H20N4O3/c1-11-13-5-3-4-6-14(13)25-15(11)9-19-17(23)12-7-8-16-20-21(2)18(24)22(16)10-12/h3-6,12H,7-10H2,1-2H3,(H,19,23)/t12-/m0/s1. The fourth-order valence-corrected chi connectivity index (χ4v) is 3.46. The van der Waals surface area contributed by atoms with E-state index >= 15 is 0 Å². The third kappa shape index (κ3) is 2.65. The van der Waals surface area contributed by atoms with Gasteiger partial charge in [-0.15, -0.1) is 0 Å². The number of aromatic nitrogens is 3. The Morgan fingerprint density at radius 1 is 1.40 bits per heavy atom. The first-order valence-electron chi connectivity index (χ1n) is 8.42. The molecule has 4 rings (SSSR count). The van der Waals surface area contributed by atoms with E-state index in [4.69, 9.17) is 4.42 Å². The van der Waals surface area contributed by atoms with E-state index in [0.29, 0.717) is 25.9 Å². The highest BCUT2D eigenvalue weighted by atomic mass is 16.3. The minimum Gasteiger partial charge on any atom is -0.459 e. The second kappa shape index (κ2) is 5.91. The smallest absolute Gasteiger partial charge is 0.345 e. The summed E-state index contributed by atoms with van der Waals surface area (Å²) in [5.41, 5.74) is 1.71. The highest BCUT2D eigenvalue weighted by molar-refractivity contribution is 5.82. The number of rotatable bonds is 3. The number of para-hydroxylation sites is 1. The molecule has 0 spiro atoms. The maximum absolute atomic E-state index is 12.5. The third-order valence-corrected chi connectivity index (χ3v) is 4.94. The minimum atomic E-state index is -0.223. The second-order valence-electron chi connectivity index (χ2n) is 6.53. The highest BCUT2D eigenvalue weighted by Crippen LogP contribution is 2.25. The number of furan rings is 1. The number of benzene rings is 1. The van der Waals surface area contributed by atoms with Gasteiger partial charge in [-0.2, -0.15) is 5.10 Å². The summed E-state index contributed by atoms with van der Waals surface area (Å²) in [6, 6.07) is 7.83. The number of aryl methyl sites for hydroxylation is 3. The monoisotopic (exact) mass is 340 g/mol. The Hall–Kier alpha value is -2.83. The molecule has 7 heteroatoms. The van der Waals surface area contributed by atoms with Crippen LogP contribution in [0.1, 0.15) is 23.6 Å². The summed E-state index contributed by atoms with van der Waals surface area (Å²) in [7, 11) is 1.63. The average molecular weight is 340 g/mol. The van der Waals surface area contributed by atoms with E-state index in [1.807, 2.05) is 31.2 Å². The van der Waals surface area contributed by atoms with Crippen LogP contribution < -0.4 is 11.0 Å². The molecule has 1 aromatic carbocycles. The number of amides is 1. The van der Waals surface area contributed by atoms with Gasteiger partial charge in [-0.3, -0.25) is 9.36 Å². The van der Waals surface area contributed by atoms with Crippen molar-refractivity contribution in [3.8, 4) is 0 Å². The van der Waals surface area contributed by atoms with Gasteiger partial charge in [-0.1, -0.05) is 18.2 Å². The van der Waals surface area contributed by atoms with Crippen molar-refractivity contribution in [3.05, 3.63) is 51.9 Å². The molecule has 0 saturated heterocycles. The van der Waals surface area contributed by atoms with E-state index in [1.165, 1.54) is 4.68 Å². The Kier molecular flexibility index (Phi) is 3.71. The van der Waals surface area contributed by atoms with E-state index in [2.05, 4.69) is 10.4 Å². The molecule has 130 valence electrons. The van der Waals surface area contributed by atoms with Crippen LogP contribution in [0.15, 0.2) is 33.5 Å². The zero-order chi connectivity index (χ0) is 17.6. The predicted molar refractivity (Wildman–Crippen MR) is 92.1 cm³/mol. The van der Waals surface area contributed by atoms with Crippen LogP contribution in [0.4, 0.5) is 0 Å². The van der Waals surface area contributed by atoms with Gasteiger partial charge in [0.15, 0.2) is 0 Å². The molecule has 3 heterocycles. The average Bonchev–Trinajstić information content (AvgIpc) is 3.10. The Balaban J connectivity index is 1.46. The molecular formula is C18H20N4O3. The molecule has 0 fully saturated rings. The molecule has 1 atom stereocenters. The van der Waals surface area contributed by atoms with Crippen molar-refractivity contribution in [1.82, 2.24) is 19.7 Å². The van der Waals surface area contributed by atoms with Gasteiger partial charge in [-0.05, 0) is 19.4 Å². The molecule has 1 aliphatic rings. The maximum atomic E-state index is 12.5. The first kappa shape index (κ1) is 15.7. The number of carbonyl (C=O) groups is 1. The van der Waals surface area contributed by atoms with Crippen molar-refractivity contribution in [2.75, 3.05) is 0 Å². The number of fused-ring (bicyclic) bond motifs is 2. The second-order valence-corrected chi connectivity index (χ2v) is 6.53. The first-order chi connectivity index (χ1) is 12.0. The SMILES string of the molecule is Cc1c(CNC(=O)[C@H]2CCc3nn(C)c(=O)n3C2)oc2ccccc12. The third-order valence-electron chi connectivity index (χ3n) is 4.94. The van der Waals surface area contributed by atoms with Crippen LogP contribution >= 0.6 is 0 Å². The van der Waals surface area contributed by atoms with Crippen LogP contribution in [-0.4, -0.2) is 20.3 Å². The highest BCUT2D eigenvalue weighted by Gasteiger charge is 2.27. The number of hydrogen-bond donors (Lipinski definition) is 1. The molecule has 3 aromatic rings. The first-order valence-corrected chi connectivity index (χ1v) is 8.42. The van der Waals surface area contributed by atoms with Crippen LogP contribution in [-0.2, 0) is 31.4 Å². The lowest BCUT2D eigenvalue weighted by Gasteiger charge is -2.21. The molecule has 0 radical (unpaired) electrons. The number of hydrogen-bond acceptors (Lipinski definition) is 4. The molecule has 0 bridgehead atoms. The molecule has 0 unspecified atom stereocenters. The van der Waals surface area contributed by atoms with Crippen molar-refractivity contribution in [1.29, 1.82) is 0 Å². The molecule has 1 N–H and O–H groups in total. The minimum absolute atomic E-state index is 0.0544. The van der Waals surface area contributed by atoms with Crippen LogP contribution in [0.2, 0.25) is 0 Å². The lowest BCUT2D eigenvalue weighted by Crippen LogP contribution is -2.38. The van der Waals surface area contributed by atoms with Crippen LogP contribution in [0.3, 0.4) is 0 Å². The van der Waals surface area contributed by atoms with Gasteiger partial charge in [0.2, 0.25) is 5.91 Å². The Bertz CT molecular complexity index is 1010. The van der Waals surface area contributed by atoms with Gasteiger partial charge in [0.1, 0.15) is 17.2 Å². The van der Waals surface area contributed by atoms with Crippen molar-refractivity contribution >= 4 is 16.9 Å². The van der Waals surface area contributed by atoms with E-state index in [-0.39, 0.29) is 17.5 Å². The molecule has 25 heavy (non-hydrogen) atoms. The molecule has 2 aromatic heterocycles. The fraction of sp³-hybridized carbons (Fsp3) is 0.389. The molecule has 7 nitrogen and oxygen atoms in total. The van der Waals surface area contributed by atoms with Crippen molar-refractivity contribution in [2.24, 2.45) is 13.0 Å². The summed E-state index contributed by atoms with van der Waals surface area (Å²) in [5, 5.41) is 8.21. The Morgan fingerprint density at radius 3 is 3.00 bits per heavy atom. The van der Waals surface area contributed by atoms with E-state index in [1.54, 1.807) is 11.6 Å². The summed E-state index contributed by atoms with van der Waals surface area (Å²) in [6.07, 6.45) is 1.33. The molecule has 0 saturated carbocycles. The lowest BCUT2D eigenvalue weighted by atomic mass is 9.98. The summed E-state index contributed by atoms with van der Waals surface area (Å²) < 4.78 is 8.76. The van der Waals surface area contributed by atoms with Crippen molar-refractivity contribution < 1.29 is 9.21 Å². The Morgan fingerprint density at radius 2 is 2.20 bits per heavy atom. The predicted octanol–water partition coefficient (Wildman–Crippen LogP) is 1.52. The molecule has 1 amide bonds. The normalized spacial score (nSPS) is 16.8. The van der Waals surface area contributed by atoms with E-state index in [9.17, 15) is 9.59 Å². The summed E-state index contributed by atoms with van der Waals surface area (Å²) in [5.74, 6) is 1.25. The van der Waals surface area contributed by atoms with Gasteiger partial charge in [0.25, 0.3) is 0 Å². The van der Waals surface area contributed by atoms with Crippen LogP contribution in [0.25, 0.3) is 11.0 Å². The number of nitrogens with one attached hydrogen (secondary N) is 1. The number of carbonyl (C=O) groups excluding carboxylic acids is 1. The quantitative estimate of drug-likeness (QED) is 0.784. The van der Waals surface area contributed by atoms with Gasteiger partial charge in [-0.25, -0.2) is 9.48 Å². The summed E-state index contributed by atoms with van der Waals surface area (Å²) in [6.45, 7) is 2.73. The lowest BCUT2D eigenvalue weighted by molar-refractivity contribution is -0.126. The zero-order valence-corrected chi connectivity index (χ0v) is 14.3. The van der Waals surface area contributed by atoms with Gasteiger partial charge in [0, 0.05) is 31.0 Å². The van der Waals surface area contributed by atoms with Gasteiger partial charge >= 0.3 is 5.69 Å². The fourth-order valence-electron chi connectivity index (χ4n) is 3.46. The van der Waals surface area contributed by atoms with Gasteiger partial charge < -0.3 is 9.73 Å². The zero-order valence-electron chi connectivity index (χ0n) is 14.3. The molecule has 0 aliphatic carbocycles. The topological polar surface area (TPSA) is 82.1 Å². The van der Waals surface area contributed by atoms with Crippen LogP contribution in [0.5, 0.6) is 0 Å². The van der Waals surface area contributed by atoms with E-state index in [0.717, 1.165) is 28.1 Å². The van der Waals surface area contributed by atoms with Gasteiger partial charge in [0.05, 0.1) is 12.5 Å². The van der Waals surface area contributed by atoms with E-state index < -0.39 is 0 Å². The van der Waals surface area contributed by atoms with Crippen LogP contribution in [0, 0.1) is 12.8 Å². The summed E-state index contributed by atoms with van der Waals surface area (Å²) in [4.78, 5) is 24.6. The van der Waals surface area contributed by atoms with Crippen molar-refractivity contribution in [2.45, 2.75) is 32.9 Å². The number of nitrogens with zero attached hydrogens (tertiary/aromatic N) is 3. The largest absolute Gasteiger partial charge is 0.459 e. The summed E-state index contributed by atoms with van der Waals surface area (Å²) >= 11 is 0. The maximum Gasteiger partial charge on any atom is 0.345 e. The molecular weight excluding hydrogens is 320 g/mol. The Labute approximate surface area is 144 Å². The van der Waals surface area contributed by atoms with Crippen molar-refractivity contribution in [3.63, 3.8) is 0 Å². The molecule has 1 aliphatic heterocycles.